The molecule has 117 heavy (non-hydrogen) atoms. The maximum atomic E-state index is 4.86. The fourth-order valence-corrected chi connectivity index (χ4v) is 17.6. The van der Waals surface area contributed by atoms with E-state index >= 15 is 0 Å². The third-order valence-corrected chi connectivity index (χ3v) is 24.5. The summed E-state index contributed by atoms with van der Waals surface area (Å²) >= 11 is 0. The average molecular weight is 1590 g/mol. The Morgan fingerprint density at radius 2 is 0.726 bits per heavy atom. The zero-order valence-corrected chi connectivity index (χ0v) is 83.1. The van der Waals surface area contributed by atoms with Crippen molar-refractivity contribution < 1.29 is 0 Å². The van der Waals surface area contributed by atoms with Crippen molar-refractivity contribution >= 4 is 44.2 Å². The Morgan fingerprint density at radius 3 is 1.24 bits per heavy atom. The molecular formula is C107H162N10. The molecule has 4 aliphatic carbocycles. The molecule has 0 saturated heterocycles. The topological polar surface area (TPSA) is 112 Å². The Hall–Kier alpha value is -8.24. The molecule has 0 atom stereocenters. The van der Waals surface area contributed by atoms with E-state index in [2.05, 4.69) is 306 Å². The Labute approximate surface area is 713 Å². The van der Waals surface area contributed by atoms with Gasteiger partial charge in [0.2, 0.25) is 0 Å². The lowest BCUT2D eigenvalue weighted by atomic mass is 9.91. The number of aromatic nitrogens is 10. The van der Waals surface area contributed by atoms with E-state index in [-0.39, 0.29) is 0 Å². The predicted octanol–water partition coefficient (Wildman–Crippen LogP) is 29.1. The summed E-state index contributed by atoms with van der Waals surface area (Å²) in [4.78, 5) is 28.3. The average Bonchev–Trinajstić information content (AvgIpc) is 1.69. The first kappa shape index (κ1) is 101. The zero-order chi connectivity index (χ0) is 89.5. The first-order valence-corrected chi connectivity index (χ1v) is 45.0. The second kappa shape index (κ2) is 44.2. The molecule has 0 saturated carbocycles. The Kier molecular flexibility index (Phi) is 38.2. The summed E-state index contributed by atoms with van der Waals surface area (Å²) in [6, 6.07) is 11.7. The van der Waals surface area contributed by atoms with E-state index in [1.807, 2.05) is 66.8 Å². The van der Waals surface area contributed by atoms with Gasteiger partial charge in [-0.15, -0.1) is 0 Å². The Morgan fingerprint density at radius 1 is 0.299 bits per heavy atom. The molecule has 1 aromatic carbocycles. The molecule has 0 N–H and O–H groups in total. The molecule has 9 aromatic heterocycles. The van der Waals surface area contributed by atoms with Gasteiger partial charge in [0.25, 0.3) is 0 Å². The number of imidazole rings is 1. The quantitative estimate of drug-likeness (QED) is 0.155. The second-order valence-corrected chi connectivity index (χ2v) is 34.9. The first-order chi connectivity index (χ1) is 54.8. The molecule has 640 valence electrons. The van der Waals surface area contributed by atoms with Gasteiger partial charge in [-0.1, -0.05) is 181 Å². The van der Waals surface area contributed by atoms with E-state index in [1.54, 1.807) is 0 Å². The van der Waals surface area contributed by atoms with Gasteiger partial charge in [0.05, 0.1) is 50.4 Å². The van der Waals surface area contributed by atoms with Crippen molar-refractivity contribution in [2.75, 3.05) is 0 Å². The zero-order valence-electron chi connectivity index (χ0n) is 83.1. The maximum absolute atomic E-state index is 4.86. The van der Waals surface area contributed by atoms with E-state index < -0.39 is 0 Å². The number of benzene rings is 1. The molecule has 14 rings (SSSR count). The minimum Gasteiger partial charge on any atom is -0.258 e. The van der Waals surface area contributed by atoms with Crippen LogP contribution in [0.3, 0.4) is 0 Å². The van der Waals surface area contributed by atoms with Crippen LogP contribution in [0.25, 0.3) is 44.2 Å². The smallest absolute Gasteiger partial charge is 0.127 e. The lowest BCUT2D eigenvalue weighted by molar-refractivity contribution is 0.780. The van der Waals surface area contributed by atoms with Crippen molar-refractivity contribution in [2.24, 2.45) is 0 Å². The Bertz CT molecular complexity index is 5330. The van der Waals surface area contributed by atoms with Gasteiger partial charge < -0.3 is 0 Å². The molecule has 10 heteroatoms. The summed E-state index contributed by atoms with van der Waals surface area (Å²) in [5.41, 5.74) is 51.7. The number of hydrogen-bond donors (Lipinski definition) is 0. The van der Waals surface area contributed by atoms with Crippen molar-refractivity contribution in [3.8, 4) is 0 Å². The van der Waals surface area contributed by atoms with Crippen LogP contribution in [0.4, 0.5) is 0 Å². The molecule has 4 aliphatic rings. The lowest BCUT2D eigenvalue weighted by Crippen LogP contribution is -2.29. The van der Waals surface area contributed by atoms with Gasteiger partial charge in [-0.2, -0.15) is 10.2 Å². The number of allylic oxidation sites excluding steroid dienone is 4. The van der Waals surface area contributed by atoms with Crippen LogP contribution in [0.15, 0.2) is 41.5 Å². The summed E-state index contributed by atoms with van der Waals surface area (Å²) < 4.78 is 4.08. The fraction of sp³-hybridized carbons (Fsp3) is 0.551. The highest BCUT2D eigenvalue weighted by Crippen LogP contribution is 2.38. The van der Waals surface area contributed by atoms with Gasteiger partial charge >= 0.3 is 0 Å². The third-order valence-electron chi connectivity index (χ3n) is 24.5. The molecule has 0 spiro atoms. The van der Waals surface area contributed by atoms with Crippen LogP contribution in [-0.4, -0.2) is 49.1 Å². The molecule has 9 heterocycles. The summed E-state index contributed by atoms with van der Waals surface area (Å²) in [7, 11) is 0. The van der Waals surface area contributed by atoms with E-state index in [0.717, 1.165) is 42.2 Å². The highest BCUT2D eigenvalue weighted by atomic mass is 15.3. The number of aryl methyl sites for hydroxylation is 17. The van der Waals surface area contributed by atoms with Crippen LogP contribution in [0.1, 0.15) is 422 Å². The monoisotopic (exact) mass is 1590 g/mol. The summed E-state index contributed by atoms with van der Waals surface area (Å²) in [5.74, 6) is 4.85. The van der Waals surface area contributed by atoms with Gasteiger partial charge in [0, 0.05) is 51.7 Å². The van der Waals surface area contributed by atoms with Gasteiger partial charge in [-0.25, -0.2) is 14.0 Å². The molecule has 10 aromatic rings. The molecular weight excluding hydrogens is 1430 g/mol. The normalized spacial score (nSPS) is 12.8. The van der Waals surface area contributed by atoms with Crippen LogP contribution in [0, 0.1) is 125 Å². The van der Waals surface area contributed by atoms with Crippen molar-refractivity contribution in [3.63, 3.8) is 0 Å². The van der Waals surface area contributed by atoms with Crippen molar-refractivity contribution in [1.82, 2.24) is 49.1 Å². The molecule has 10 nitrogen and oxygen atoms in total. The highest BCUT2D eigenvalue weighted by molar-refractivity contribution is 5.88. The third kappa shape index (κ3) is 22.8. The predicted molar refractivity (Wildman–Crippen MR) is 514 cm³/mol. The highest BCUT2D eigenvalue weighted by Gasteiger charge is 2.25. The van der Waals surface area contributed by atoms with Crippen LogP contribution in [0.5, 0.6) is 0 Å². The second-order valence-electron chi connectivity index (χ2n) is 34.9. The van der Waals surface area contributed by atoms with Crippen molar-refractivity contribution in [2.45, 2.75) is 398 Å². The van der Waals surface area contributed by atoms with Gasteiger partial charge in [-0.05, 0) is 380 Å². The van der Waals surface area contributed by atoms with Gasteiger partial charge in [0.1, 0.15) is 5.82 Å². The lowest BCUT2D eigenvalue weighted by Gasteiger charge is -2.17. The molecule has 0 amide bonds. The minimum absolute atomic E-state index is 0.507. The summed E-state index contributed by atoms with van der Waals surface area (Å²) in [5, 5.41) is 13.3. The maximum Gasteiger partial charge on any atom is 0.127 e. The number of fused-ring (bicyclic) bond motifs is 7. The summed E-state index contributed by atoms with van der Waals surface area (Å²) in [6.07, 6.45) is 6.96. The Balaban J connectivity index is 0.000000283. The van der Waals surface area contributed by atoms with Crippen LogP contribution >= 0.6 is 0 Å². The molecule has 0 radical (unpaired) electrons. The van der Waals surface area contributed by atoms with Crippen LogP contribution < -0.4 is 10.6 Å². The van der Waals surface area contributed by atoms with E-state index in [1.165, 1.54) is 237 Å². The molecule has 0 fully saturated rings. The van der Waals surface area contributed by atoms with E-state index in [4.69, 9.17) is 25.0 Å². The molecule has 0 bridgehead atoms. The number of pyridine rings is 5. The first-order valence-electron chi connectivity index (χ1n) is 45.0. The van der Waals surface area contributed by atoms with E-state index in [0.29, 0.717) is 41.4 Å². The number of rotatable bonds is 7. The van der Waals surface area contributed by atoms with Crippen LogP contribution in [-0.2, 0) is 25.7 Å². The van der Waals surface area contributed by atoms with E-state index in [9.17, 15) is 0 Å². The summed E-state index contributed by atoms with van der Waals surface area (Å²) in [6.45, 7) is 99.1. The number of nitrogens with zero attached hydrogens (tertiary/aromatic N) is 10. The standard InChI is InChI=1S/C17H23N.C15H22N2.3C14H19N.C13H19N3.C12H17N.4C2H6/c1-9(2)15-8-16-12(5)10(3)11(4)13(6)17(16)18-14(15)7;1-8(2)14-11(5)15-10(4)9(3)13(7)17(15)16-12(14)6;1-8(2)12-7-13-10(4)9(3)6-14(13)15-11(12)5;1-8(2)13-7-12-6-9(3)10(4)14(12)15-11(13)5;1-8(2)12-7-13-9(3)6-10(4)14(13)15-11(12)5;1-7(2)12-8(3)13-10(5)14-11(6)16(13)15-9(12)4;1-8(2)11-7-10-5-4-6-12(10)13-9(11)3;4*1-2/h8-9H,1-7H3;8H,1-7H3;3*7-8H,6H2,1-5H3;7H,1-6H3;7-8H,4-6H2,1-3H3;4*1-2H3. The largest absolute Gasteiger partial charge is 0.258 e. The minimum atomic E-state index is 0.507. The van der Waals surface area contributed by atoms with Crippen LogP contribution in [0.2, 0.25) is 0 Å². The number of hydrogen-bond acceptors (Lipinski definition) is 8. The van der Waals surface area contributed by atoms with Gasteiger partial charge in [0.15, 0.2) is 0 Å². The SMILES string of the molecule is CC.CC.CC.CC.CC1=C(C)c2cc(C(C)C)c(C)nc2C1.CC1=C(C)c2nc(C)c(C(C)C)cc2C1.CC1=c2cc(C(C)C)c(C)nc2=C(C)C1.Cc1nc2c(C)c(C)c(C)c(C)c2cc1C(C)C.Cc1nc2c(cc1C(C)C)CCC2.Cc1nn2c(C)c(C)c(C)c2c(C)c1C(C)C.Cc1nn2c(C)nc(C)c2c(C)c1C(C)C. The van der Waals surface area contributed by atoms with Crippen molar-refractivity contribution in [1.29, 1.82) is 0 Å². The fourth-order valence-electron chi connectivity index (χ4n) is 17.6. The molecule has 0 aliphatic heterocycles. The van der Waals surface area contributed by atoms with Crippen molar-refractivity contribution in [3.05, 3.63) is 226 Å². The van der Waals surface area contributed by atoms with Gasteiger partial charge in [-0.3, -0.25) is 24.9 Å². The molecule has 0 unspecified atom stereocenters.